The molecular formula is C22H21NO2. The predicted molar refractivity (Wildman–Crippen MR) is 99.0 cm³/mol. The van der Waals surface area contributed by atoms with E-state index in [0.717, 1.165) is 16.7 Å². The van der Waals surface area contributed by atoms with Crippen molar-refractivity contribution in [1.82, 2.24) is 5.32 Å². The first-order valence-corrected chi connectivity index (χ1v) is 8.26. The summed E-state index contributed by atoms with van der Waals surface area (Å²) in [6, 6.07) is 29.4. The first-order valence-electron chi connectivity index (χ1n) is 8.26. The van der Waals surface area contributed by atoms with Gasteiger partial charge in [-0.15, -0.1) is 0 Å². The number of carbonyl (C=O) groups is 1. The molecule has 0 saturated carbocycles. The average molecular weight is 331 g/mol. The number of hydrogen-bond donors (Lipinski definition) is 1. The van der Waals surface area contributed by atoms with Gasteiger partial charge in [0.1, 0.15) is 0 Å². The van der Waals surface area contributed by atoms with Crippen LogP contribution < -0.4 is 5.32 Å². The summed E-state index contributed by atoms with van der Waals surface area (Å²) in [4.78, 5) is 13.0. The van der Waals surface area contributed by atoms with E-state index in [4.69, 9.17) is 4.74 Å². The summed E-state index contributed by atoms with van der Waals surface area (Å²) in [6.45, 7) is 0.541. The molecule has 25 heavy (non-hydrogen) atoms. The van der Waals surface area contributed by atoms with Gasteiger partial charge < -0.3 is 4.74 Å². The van der Waals surface area contributed by atoms with Crippen LogP contribution in [0, 0.1) is 0 Å². The molecule has 3 aromatic carbocycles. The second-order valence-corrected chi connectivity index (χ2v) is 5.81. The van der Waals surface area contributed by atoms with Crippen LogP contribution in [-0.4, -0.2) is 13.1 Å². The lowest BCUT2D eigenvalue weighted by Crippen LogP contribution is -2.50. The van der Waals surface area contributed by atoms with Gasteiger partial charge in [-0.2, -0.15) is 0 Å². The highest BCUT2D eigenvalue weighted by molar-refractivity contribution is 5.87. The van der Waals surface area contributed by atoms with E-state index in [1.54, 1.807) is 0 Å². The molecule has 0 amide bonds. The number of esters is 1. The lowest BCUT2D eigenvalue weighted by Gasteiger charge is -2.33. The van der Waals surface area contributed by atoms with Gasteiger partial charge in [-0.05, 0) is 16.7 Å². The highest BCUT2D eigenvalue weighted by Gasteiger charge is 2.42. The second kappa shape index (κ2) is 7.77. The lowest BCUT2D eigenvalue weighted by molar-refractivity contribution is -0.147. The molecular weight excluding hydrogens is 310 g/mol. The summed E-state index contributed by atoms with van der Waals surface area (Å²) >= 11 is 0. The minimum Gasteiger partial charge on any atom is -0.467 e. The third-order valence-electron chi connectivity index (χ3n) is 4.31. The Morgan fingerprint density at radius 2 is 1.24 bits per heavy atom. The zero-order chi connectivity index (χ0) is 17.5. The van der Waals surface area contributed by atoms with Crippen molar-refractivity contribution in [3.63, 3.8) is 0 Å². The van der Waals surface area contributed by atoms with Crippen molar-refractivity contribution in [2.24, 2.45) is 0 Å². The van der Waals surface area contributed by atoms with Crippen LogP contribution in [-0.2, 0) is 21.6 Å². The first kappa shape index (κ1) is 16.9. The van der Waals surface area contributed by atoms with Gasteiger partial charge in [0.25, 0.3) is 0 Å². The summed E-state index contributed by atoms with van der Waals surface area (Å²) in [7, 11) is 1.42. The maximum atomic E-state index is 13.0. The van der Waals surface area contributed by atoms with Crippen LogP contribution >= 0.6 is 0 Å². The first-order chi connectivity index (χ1) is 12.3. The Labute approximate surface area is 148 Å². The maximum absolute atomic E-state index is 13.0. The molecule has 0 bridgehead atoms. The van der Waals surface area contributed by atoms with Gasteiger partial charge in [-0.3, -0.25) is 5.32 Å². The number of carbonyl (C=O) groups excluding carboxylic acids is 1. The minimum absolute atomic E-state index is 0.333. The van der Waals surface area contributed by atoms with Gasteiger partial charge in [0.2, 0.25) is 0 Å². The normalized spacial score (nSPS) is 11.1. The van der Waals surface area contributed by atoms with Gasteiger partial charge in [0, 0.05) is 6.54 Å². The highest BCUT2D eigenvalue weighted by Crippen LogP contribution is 2.31. The quantitative estimate of drug-likeness (QED) is 0.696. The van der Waals surface area contributed by atoms with Crippen molar-refractivity contribution in [1.29, 1.82) is 0 Å². The van der Waals surface area contributed by atoms with Crippen LogP contribution in [0.15, 0.2) is 91.0 Å². The van der Waals surface area contributed by atoms with Gasteiger partial charge in [0.15, 0.2) is 5.54 Å². The molecule has 0 fully saturated rings. The molecule has 3 heteroatoms. The van der Waals surface area contributed by atoms with E-state index in [1.807, 2.05) is 91.0 Å². The monoisotopic (exact) mass is 331 g/mol. The summed E-state index contributed by atoms with van der Waals surface area (Å²) in [5.74, 6) is -0.333. The SMILES string of the molecule is COC(=O)C(NCc1ccccc1)(c1ccccc1)c1ccccc1. The molecule has 0 aliphatic heterocycles. The highest BCUT2D eigenvalue weighted by atomic mass is 16.5. The van der Waals surface area contributed by atoms with Gasteiger partial charge in [0.05, 0.1) is 7.11 Å². The van der Waals surface area contributed by atoms with E-state index < -0.39 is 5.54 Å². The van der Waals surface area contributed by atoms with Crippen molar-refractivity contribution in [3.05, 3.63) is 108 Å². The van der Waals surface area contributed by atoms with Crippen LogP contribution in [0.5, 0.6) is 0 Å². The van der Waals surface area contributed by atoms with Crippen LogP contribution in [0.2, 0.25) is 0 Å². The molecule has 3 aromatic rings. The summed E-state index contributed by atoms with van der Waals surface area (Å²) in [5.41, 5.74) is 1.74. The molecule has 0 aromatic heterocycles. The van der Waals surface area contributed by atoms with Crippen molar-refractivity contribution < 1.29 is 9.53 Å². The minimum atomic E-state index is -1.06. The maximum Gasteiger partial charge on any atom is 0.335 e. The Kier molecular flexibility index (Phi) is 5.26. The van der Waals surface area contributed by atoms with E-state index in [0.29, 0.717) is 6.54 Å². The standard InChI is InChI=1S/C22H21NO2/c1-25-21(24)22(19-13-7-3-8-14-19,20-15-9-4-10-16-20)23-17-18-11-5-2-6-12-18/h2-16,23H,17H2,1H3. The van der Waals surface area contributed by atoms with Crippen LogP contribution in [0.1, 0.15) is 16.7 Å². The van der Waals surface area contributed by atoms with E-state index in [9.17, 15) is 4.79 Å². The van der Waals surface area contributed by atoms with Crippen molar-refractivity contribution in [2.45, 2.75) is 12.1 Å². The van der Waals surface area contributed by atoms with Crippen LogP contribution in [0.25, 0.3) is 0 Å². The largest absolute Gasteiger partial charge is 0.467 e. The molecule has 3 rings (SSSR count). The number of hydrogen-bond acceptors (Lipinski definition) is 3. The molecule has 126 valence electrons. The van der Waals surface area contributed by atoms with Gasteiger partial charge in [-0.25, -0.2) is 4.79 Å². The van der Waals surface area contributed by atoms with Crippen molar-refractivity contribution >= 4 is 5.97 Å². The second-order valence-electron chi connectivity index (χ2n) is 5.81. The predicted octanol–water partition coefficient (Wildman–Crippen LogP) is 3.89. The fourth-order valence-electron chi connectivity index (χ4n) is 3.04. The Hall–Kier alpha value is -2.91. The van der Waals surface area contributed by atoms with Gasteiger partial charge >= 0.3 is 5.97 Å². The third kappa shape index (κ3) is 3.47. The van der Waals surface area contributed by atoms with E-state index in [2.05, 4.69) is 5.32 Å². The zero-order valence-corrected chi connectivity index (χ0v) is 14.2. The number of benzene rings is 3. The zero-order valence-electron chi connectivity index (χ0n) is 14.2. The smallest absolute Gasteiger partial charge is 0.335 e. The van der Waals surface area contributed by atoms with E-state index in [-0.39, 0.29) is 5.97 Å². The number of methoxy groups -OCH3 is 1. The fourth-order valence-corrected chi connectivity index (χ4v) is 3.04. The Morgan fingerprint density at radius 3 is 1.68 bits per heavy atom. The number of ether oxygens (including phenoxy) is 1. The third-order valence-corrected chi connectivity index (χ3v) is 4.31. The summed E-state index contributed by atoms with van der Waals surface area (Å²) in [5, 5.41) is 3.46. The average Bonchev–Trinajstić information content (AvgIpc) is 2.70. The molecule has 0 saturated heterocycles. The van der Waals surface area contributed by atoms with Crippen LogP contribution in [0.4, 0.5) is 0 Å². The Bertz CT molecular complexity index is 762. The van der Waals surface area contributed by atoms with Crippen LogP contribution in [0.3, 0.4) is 0 Å². The fraction of sp³-hybridized carbons (Fsp3) is 0.136. The molecule has 0 aliphatic rings. The molecule has 0 radical (unpaired) electrons. The van der Waals surface area contributed by atoms with Crippen molar-refractivity contribution in [2.75, 3.05) is 7.11 Å². The number of rotatable bonds is 6. The number of nitrogens with one attached hydrogen (secondary N) is 1. The van der Waals surface area contributed by atoms with E-state index >= 15 is 0 Å². The molecule has 3 nitrogen and oxygen atoms in total. The van der Waals surface area contributed by atoms with Gasteiger partial charge in [-0.1, -0.05) is 91.0 Å². The molecule has 0 aliphatic carbocycles. The molecule has 0 spiro atoms. The lowest BCUT2D eigenvalue weighted by atomic mass is 9.82. The van der Waals surface area contributed by atoms with Crippen molar-refractivity contribution in [3.8, 4) is 0 Å². The molecule has 0 atom stereocenters. The molecule has 0 heterocycles. The summed E-state index contributed by atoms with van der Waals surface area (Å²) < 4.78 is 5.21. The summed E-state index contributed by atoms with van der Waals surface area (Å²) in [6.07, 6.45) is 0. The topological polar surface area (TPSA) is 38.3 Å². The molecule has 0 unspecified atom stereocenters. The molecule has 1 N–H and O–H groups in total. The Morgan fingerprint density at radius 1 is 0.800 bits per heavy atom. The van der Waals surface area contributed by atoms with E-state index in [1.165, 1.54) is 7.11 Å². The Balaban J connectivity index is 2.10.